The van der Waals surface area contributed by atoms with Crippen LogP contribution in [0.5, 0.6) is 0 Å². The highest BCUT2D eigenvalue weighted by molar-refractivity contribution is 7.89. The third-order valence-electron chi connectivity index (χ3n) is 3.37. The number of hydrogen-bond acceptors (Lipinski definition) is 6. The Hall–Kier alpha value is -1.95. The number of carbonyl (C=O) groups excluding carboxylic acids is 1. The highest BCUT2D eigenvalue weighted by Crippen LogP contribution is 2.15. The van der Waals surface area contributed by atoms with Gasteiger partial charge in [0.2, 0.25) is 10.0 Å². The van der Waals surface area contributed by atoms with Gasteiger partial charge in [0.05, 0.1) is 16.6 Å². The smallest absolute Gasteiger partial charge is 0.339 e. The molecule has 1 heterocycles. The van der Waals surface area contributed by atoms with Gasteiger partial charge in [-0.3, -0.25) is 0 Å². The van der Waals surface area contributed by atoms with Crippen molar-refractivity contribution >= 4 is 16.0 Å². The highest BCUT2D eigenvalue weighted by atomic mass is 32.2. The van der Waals surface area contributed by atoms with Crippen LogP contribution >= 0.6 is 0 Å². The van der Waals surface area contributed by atoms with E-state index >= 15 is 0 Å². The van der Waals surface area contributed by atoms with E-state index in [9.17, 15) is 13.2 Å². The minimum absolute atomic E-state index is 0.0328. The molecule has 0 unspecified atom stereocenters. The Bertz CT molecular complexity index is 705. The molecule has 8 heteroatoms. The van der Waals surface area contributed by atoms with Crippen molar-refractivity contribution in [2.45, 2.75) is 36.9 Å². The molecule has 1 fully saturated rings. The average Bonchev–Trinajstić information content (AvgIpc) is 3.06. The molecule has 1 aliphatic heterocycles. The molecule has 2 atom stereocenters. The summed E-state index contributed by atoms with van der Waals surface area (Å²) in [7, 11) is -3.74. The van der Waals surface area contributed by atoms with E-state index in [1.54, 1.807) is 6.07 Å². The van der Waals surface area contributed by atoms with Gasteiger partial charge in [-0.15, -0.1) is 0 Å². The first kappa shape index (κ1) is 17.4. The second-order valence-electron chi connectivity index (χ2n) is 5.19. The van der Waals surface area contributed by atoms with Crippen LogP contribution in [0.15, 0.2) is 29.2 Å². The van der Waals surface area contributed by atoms with Crippen molar-refractivity contribution in [3.63, 3.8) is 0 Å². The molecule has 2 rings (SSSR count). The van der Waals surface area contributed by atoms with E-state index in [4.69, 9.17) is 14.7 Å². The second kappa shape index (κ2) is 7.55. The second-order valence-corrected chi connectivity index (χ2v) is 6.96. The first-order valence-electron chi connectivity index (χ1n) is 7.24. The number of sulfonamides is 1. The molecule has 23 heavy (non-hydrogen) atoms. The molecule has 0 amide bonds. The van der Waals surface area contributed by atoms with Gasteiger partial charge < -0.3 is 9.47 Å². The summed E-state index contributed by atoms with van der Waals surface area (Å²) >= 11 is 0. The van der Waals surface area contributed by atoms with Crippen molar-refractivity contribution in [2.24, 2.45) is 0 Å². The monoisotopic (exact) mass is 338 g/mol. The first-order chi connectivity index (χ1) is 10.9. The summed E-state index contributed by atoms with van der Waals surface area (Å²) in [4.78, 5) is 11.8. The van der Waals surface area contributed by atoms with Crippen molar-refractivity contribution in [1.82, 2.24) is 4.72 Å². The van der Waals surface area contributed by atoms with Crippen molar-refractivity contribution in [2.75, 3.05) is 13.2 Å². The van der Waals surface area contributed by atoms with Gasteiger partial charge in [-0.1, -0.05) is 6.07 Å². The standard InChI is InChI=1S/C15H18N2O5S/c1-11(9-16)22-15(18)12-4-2-6-14(8-12)23(19,20)17-10-13-5-3-7-21-13/h2,4,6,8,11,13,17H,3,5,7,10H2,1H3/t11-,13+/m0/s1. The Labute approximate surface area is 135 Å². The van der Waals surface area contributed by atoms with Crippen molar-refractivity contribution < 1.29 is 22.7 Å². The van der Waals surface area contributed by atoms with Crippen LogP contribution in [-0.4, -0.2) is 39.7 Å². The Morgan fingerprint density at radius 3 is 3.00 bits per heavy atom. The number of hydrogen-bond donors (Lipinski definition) is 1. The molecule has 0 saturated carbocycles. The molecule has 1 saturated heterocycles. The largest absolute Gasteiger partial charge is 0.444 e. The first-order valence-corrected chi connectivity index (χ1v) is 8.72. The molecule has 7 nitrogen and oxygen atoms in total. The lowest BCUT2D eigenvalue weighted by Crippen LogP contribution is -2.32. The molecular weight excluding hydrogens is 320 g/mol. The van der Waals surface area contributed by atoms with Crippen LogP contribution in [0.4, 0.5) is 0 Å². The van der Waals surface area contributed by atoms with Gasteiger partial charge in [-0.05, 0) is 38.0 Å². The summed E-state index contributed by atoms with van der Waals surface area (Å²) in [5, 5.41) is 8.64. The summed E-state index contributed by atoms with van der Waals surface area (Å²) < 4.78 is 37.2. The summed E-state index contributed by atoms with van der Waals surface area (Å²) in [6, 6.07) is 7.28. The van der Waals surface area contributed by atoms with Crippen LogP contribution in [0.1, 0.15) is 30.1 Å². The van der Waals surface area contributed by atoms with Crippen LogP contribution < -0.4 is 4.72 Å². The van der Waals surface area contributed by atoms with Crippen molar-refractivity contribution in [1.29, 1.82) is 5.26 Å². The number of benzene rings is 1. The highest BCUT2D eigenvalue weighted by Gasteiger charge is 2.21. The number of nitrogens with one attached hydrogen (secondary N) is 1. The molecule has 0 radical (unpaired) electrons. The van der Waals surface area contributed by atoms with E-state index in [0.717, 1.165) is 12.8 Å². The van der Waals surface area contributed by atoms with E-state index in [0.29, 0.717) is 6.61 Å². The maximum absolute atomic E-state index is 12.3. The maximum Gasteiger partial charge on any atom is 0.339 e. The number of carbonyl (C=O) groups is 1. The van der Waals surface area contributed by atoms with Gasteiger partial charge >= 0.3 is 5.97 Å². The van der Waals surface area contributed by atoms with E-state index in [2.05, 4.69) is 4.72 Å². The fraction of sp³-hybridized carbons (Fsp3) is 0.467. The fourth-order valence-electron chi connectivity index (χ4n) is 2.14. The van der Waals surface area contributed by atoms with E-state index < -0.39 is 22.1 Å². The molecule has 1 aromatic rings. The van der Waals surface area contributed by atoms with E-state index in [1.165, 1.54) is 31.2 Å². The van der Waals surface area contributed by atoms with Gasteiger partial charge in [0.25, 0.3) is 0 Å². The summed E-state index contributed by atoms with van der Waals surface area (Å²) in [6.45, 7) is 2.27. The van der Waals surface area contributed by atoms with Crippen LogP contribution in [0.2, 0.25) is 0 Å². The normalized spacial score (nSPS) is 19.0. The molecule has 0 aliphatic carbocycles. The molecular formula is C15H18N2O5S. The number of nitrogens with zero attached hydrogens (tertiary/aromatic N) is 1. The van der Waals surface area contributed by atoms with Crippen LogP contribution in [0.3, 0.4) is 0 Å². The SMILES string of the molecule is C[C@@H](C#N)OC(=O)c1cccc(S(=O)(=O)NC[C@H]2CCCO2)c1. The van der Waals surface area contributed by atoms with Crippen LogP contribution in [0, 0.1) is 11.3 Å². The zero-order valence-electron chi connectivity index (χ0n) is 12.7. The Morgan fingerprint density at radius 1 is 1.57 bits per heavy atom. The molecule has 0 aromatic heterocycles. The number of rotatable bonds is 6. The summed E-state index contributed by atoms with van der Waals surface area (Å²) in [5.41, 5.74) is 0.0760. The number of ether oxygens (including phenoxy) is 2. The zero-order valence-corrected chi connectivity index (χ0v) is 13.5. The maximum atomic E-state index is 12.3. The minimum Gasteiger partial charge on any atom is -0.444 e. The van der Waals surface area contributed by atoms with E-state index in [-0.39, 0.29) is 23.1 Å². The fourth-order valence-corrected chi connectivity index (χ4v) is 3.25. The summed E-state index contributed by atoms with van der Waals surface area (Å²) in [6.07, 6.45) is 0.723. The number of esters is 1. The Kier molecular flexibility index (Phi) is 5.71. The zero-order chi connectivity index (χ0) is 16.9. The topological polar surface area (TPSA) is 105 Å². The molecule has 1 aliphatic rings. The molecule has 0 bridgehead atoms. The molecule has 1 aromatic carbocycles. The predicted molar refractivity (Wildman–Crippen MR) is 81.1 cm³/mol. The summed E-state index contributed by atoms with van der Waals surface area (Å²) in [5.74, 6) is -0.741. The van der Waals surface area contributed by atoms with Gasteiger partial charge in [0.1, 0.15) is 6.07 Å². The minimum atomic E-state index is -3.74. The molecule has 1 N–H and O–H groups in total. The van der Waals surface area contributed by atoms with Gasteiger partial charge in [0.15, 0.2) is 6.10 Å². The van der Waals surface area contributed by atoms with Gasteiger partial charge in [-0.2, -0.15) is 5.26 Å². The quantitative estimate of drug-likeness (QED) is 0.782. The Balaban J connectivity index is 2.08. The van der Waals surface area contributed by atoms with Crippen LogP contribution in [0.25, 0.3) is 0 Å². The lowest BCUT2D eigenvalue weighted by molar-refractivity contribution is 0.0435. The lowest BCUT2D eigenvalue weighted by atomic mass is 10.2. The van der Waals surface area contributed by atoms with Crippen LogP contribution in [-0.2, 0) is 19.5 Å². The number of nitriles is 1. The predicted octanol–water partition coefficient (Wildman–Crippen LogP) is 1.21. The van der Waals surface area contributed by atoms with Gasteiger partial charge in [-0.25, -0.2) is 17.9 Å². The Morgan fingerprint density at radius 2 is 2.35 bits per heavy atom. The lowest BCUT2D eigenvalue weighted by Gasteiger charge is -2.12. The third-order valence-corrected chi connectivity index (χ3v) is 4.79. The van der Waals surface area contributed by atoms with Crippen molar-refractivity contribution in [3.8, 4) is 6.07 Å². The average molecular weight is 338 g/mol. The van der Waals surface area contributed by atoms with Gasteiger partial charge in [0, 0.05) is 13.2 Å². The van der Waals surface area contributed by atoms with E-state index in [1.807, 2.05) is 0 Å². The molecule has 124 valence electrons. The molecule has 0 spiro atoms. The third kappa shape index (κ3) is 4.76. The van der Waals surface area contributed by atoms with Crippen molar-refractivity contribution in [3.05, 3.63) is 29.8 Å².